The maximum atomic E-state index is 9.73. The van der Waals surface area contributed by atoms with Crippen LogP contribution in [-0.4, -0.2) is 12.2 Å². The summed E-state index contributed by atoms with van der Waals surface area (Å²) in [7, 11) is 1.57. The molecule has 0 saturated heterocycles. The molecule has 0 unspecified atom stereocenters. The van der Waals surface area contributed by atoms with Crippen LogP contribution in [0.1, 0.15) is 22.7 Å². The lowest BCUT2D eigenvalue weighted by atomic mass is 10.0. The van der Waals surface area contributed by atoms with Gasteiger partial charge in [0.05, 0.1) is 13.2 Å². The molecule has 3 aromatic carbocycles. The topological polar surface area (TPSA) is 41.5 Å². The van der Waals surface area contributed by atoms with E-state index in [1.807, 2.05) is 12.1 Å². The van der Waals surface area contributed by atoms with Gasteiger partial charge in [0.2, 0.25) is 0 Å². The van der Waals surface area contributed by atoms with Crippen LogP contribution in [0.4, 0.5) is 0 Å². The Labute approximate surface area is 141 Å². The summed E-state index contributed by atoms with van der Waals surface area (Å²) in [6.45, 7) is 0.698. The first-order valence-corrected chi connectivity index (χ1v) is 8.05. The van der Waals surface area contributed by atoms with Crippen LogP contribution in [-0.2, 0) is 6.54 Å². The molecule has 0 fully saturated rings. The van der Waals surface area contributed by atoms with Gasteiger partial charge in [0.1, 0.15) is 0 Å². The van der Waals surface area contributed by atoms with Gasteiger partial charge in [0.15, 0.2) is 11.5 Å². The number of rotatable bonds is 4. The lowest BCUT2D eigenvalue weighted by molar-refractivity contribution is 0.372. The standard InChI is InChI=1S/C21H19NO2/c1-24-20-12-14(10-11-19(20)23)13-22-21-17-8-4-2-6-15(17)16-7-3-5-9-18(16)21/h2-12,21-23H,13H2,1H3. The number of phenolic OH excluding ortho intramolecular Hbond substituents is 1. The van der Waals surface area contributed by atoms with Gasteiger partial charge in [-0.05, 0) is 39.9 Å². The lowest BCUT2D eigenvalue weighted by Crippen LogP contribution is -2.20. The first-order chi connectivity index (χ1) is 11.8. The second kappa shape index (κ2) is 6.02. The van der Waals surface area contributed by atoms with Gasteiger partial charge in [-0.15, -0.1) is 0 Å². The zero-order valence-electron chi connectivity index (χ0n) is 13.5. The fourth-order valence-corrected chi connectivity index (χ4v) is 3.43. The fraction of sp³-hybridized carbons (Fsp3) is 0.143. The van der Waals surface area contributed by atoms with Gasteiger partial charge in [-0.2, -0.15) is 0 Å². The third-order valence-corrected chi connectivity index (χ3v) is 4.59. The number of aromatic hydroxyl groups is 1. The van der Waals surface area contributed by atoms with E-state index in [4.69, 9.17) is 4.74 Å². The van der Waals surface area contributed by atoms with Crippen molar-refractivity contribution in [2.45, 2.75) is 12.6 Å². The molecule has 3 aromatic rings. The molecule has 1 aliphatic rings. The number of benzene rings is 3. The molecule has 3 nitrogen and oxygen atoms in total. The highest BCUT2D eigenvalue weighted by Gasteiger charge is 2.27. The molecule has 120 valence electrons. The summed E-state index contributed by atoms with van der Waals surface area (Å²) >= 11 is 0. The number of fused-ring (bicyclic) bond motifs is 3. The van der Waals surface area contributed by atoms with Crippen molar-refractivity contribution >= 4 is 0 Å². The molecule has 0 amide bonds. The number of ether oxygens (including phenoxy) is 1. The highest BCUT2D eigenvalue weighted by molar-refractivity contribution is 5.78. The van der Waals surface area contributed by atoms with E-state index in [-0.39, 0.29) is 11.8 Å². The maximum absolute atomic E-state index is 9.73. The number of nitrogens with one attached hydrogen (secondary N) is 1. The molecular weight excluding hydrogens is 298 g/mol. The molecule has 3 heteroatoms. The zero-order valence-corrected chi connectivity index (χ0v) is 13.5. The van der Waals surface area contributed by atoms with Gasteiger partial charge in [0, 0.05) is 6.54 Å². The van der Waals surface area contributed by atoms with Gasteiger partial charge in [-0.3, -0.25) is 0 Å². The van der Waals surface area contributed by atoms with Crippen LogP contribution in [0.15, 0.2) is 66.7 Å². The predicted molar refractivity (Wildman–Crippen MR) is 95.2 cm³/mol. The molecule has 0 bridgehead atoms. The molecule has 0 atom stereocenters. The number of methoxy groups -OCH3 is 1. The van der Waals surface area contributed by atoms with E-state index in [0.717, 1.165) is 5.56 Å². The van der Waals surface area contributed by atoms with Crippen LogP contribution in [0, 0.1) is 0 Å². The molecule has 4 rings (SSSR count). The molecule has 0 spiro atoms. The molecule has 2 N–H and O–H groups in total. The molecule has 24 heavy (non-hydrogen) atoms. The summed E-state index contributed by atoms with van der Waals surface area (Å²) < 4.78 is 5.19. The number of phenols is 1. The van der Waals surface area contributed by atoms with Gasteiger partial charge >= 0.3 is 0 Å². The van der Waals surface area contributed by atoms with Gasteiger partial charge in [-0.25, -0.2) is 0 Å². The normalized spacial score (nSPS) is 12.7. The van der Waals surface area contributed by atoms with E-state index in [2.05, 4.69) is 53.8 Å². The smallest absolute Gasteiger partial charge is 0.160 e. The van der Waals surface area contributed by atoms with Crippen molar-refractivity contribution in [1.82, 2.24) is 5.32 Å². The van der Waals surface area contributed by atoms with Crippen molar-refractivity contribution in [3.05, 3.63) is 83.4 Å². The summed E-state index contributed by atoms with van der Waals surface area (Å²) in [5.74, 6) is 0.666. The average Bonchev–Trinajstić information content (AvgIpc) is 2.95. The van der Waals surface area contributed by atoms with Gasteiger partial charge in [-0.1, -0.05) is 54.6 Å². The molecule has 0 aliphatic heterocycles. The van der Waals surface area contributed by atoms with E-state index < -0.39 is 0 Å². The second-order valence-electron chi connectivity index (χ2n) is 5.99. The van der Waals surface area contributed by atoms with Crippen molar-refractivity contribution in [1.29, 1.82) is 0 Å². The monoisotopic (exact) mass is 317 g/mol. The summed E-state index contributed by atoms with van der Waals surface area (Å²) in [6.07, 6.45) is 0. The zero-order chi connectivity index (χ0) is 16.5. The molecule has 0 saturated carbocycles. The van der Waals surface area contributed by atoms with Crippen LogP contribution in [0.3, 0.4) is 0 Å². The quantitative estimate of drug-likeness (QED) is 0.755. The van der Waals surface area contributed by atoms with E-state index in [9.17, 15) is 5.11 Å². The third-order valence-electron chi connectivity index (χ3n) is 4.59. The van der Waals surface area contributed by atoms with E-state index in [1.54, 1.807) is 13.2 Å². The van der Waals surface area contributed by atoms with Crippen molar-refractivity contribution in [3.8, 4) is 22.6 Å². The lowest BCUT2D eigenvalue weighted by Gasteiger charge is -2.16. The second-order valence-corrected chi connectivity index (χ2v) is 5.99. The summed E-state index contributed by atoms with van der Waals surface area (Å²) in [5, 5.41) is 13.4. The van der Waals surface area contributed by atoms with Gasteiger partial charge in [0.25, 0.3) is 0 Å². The Morgan fingerprint density at radius 1 is 0.917 bits per heavy atom. The highest BCUT2D eigenvalue weighted by atomic mass is 16.5. The first kappa shape index (κ1) is 14.8. The molecule has 1 aliphatic carbocycles. The molecule has 0 aromatic heterocycles. The van der Waals surface area contributed by atoms with Crippen molar-refractivity contribution < 1.29 is 9.84 Å². The Morgan fingerprint density at radius 3 is 2.17 bits per heavy atom. The van der Waals surface area contributed by atoms with Gasteiger partial charge < -0.3 is 15.2 Å². The van der Waals surface area contributed by atoms with Crippen LogP contribution >= 0.6 is 0 Å². The maximum Gasteiger partial charge on any atom is 0.160 e. The predicted octanol–water partition coefficient (Wildman–Crippen LogP) is 4.26. The van der Waals surface area contributed by atoms with Crippen molar-refractivity contribution in [2.75, 3.05) is 7.11 Å². The minimum Gasteiger partial charge on any atom is -0.504 e. The van der Waals surface area contributed by atoms with Crippen LogP contribution in [0.25, 0.3) is 11.1 Å². The summed E-state index contributed by atoms with van der Waals surface area (Å²) in [6, 6.07) is 22.7. The Balaban J connectivity index is 1.63. The first-order valence-electron chi connectivity index (χ1n) is 8.05. The van der Waals surface area contributed by atoms with E-state index in [1.165, 1.54) is 22.3 Å². The SMILES string of the molecule is COc1cc(CNC2c3ccccc3-c3ccccc32)ccc1O. The average molecular weight is 317 g/mol. The van der Waals surface area contributed by atoms with Crippen LogP contribution in [0.5, 0.6) is 11.5 Å². The number of hydrogen-bond acceptors (Lipinski definition) is 3. The summed E-state index contributed by atoms with van der Waals surface area (Å²) in [5.41, 5.74) is 6.29. The minimum absolute atomic E-state index is 0.165. The van der Waals surface area contributed by atoms with Crippen LogP contribution < -0.4 is 10.1 Å². The Kier molecular flexibility index (Phi) is 3.71. The minimum atomic E-state index is 0.165. The fourth-order valence-electron chi connectivity index (χ4n) is 3.43. The van der Waals surface area contributed by atoms with Crippen LogP contribution in [0.2, 0.25) is 0 Å². The van der Waals surface area contributed by atoms with Crippen molar-refractivity contribution in [3.63, 3.8) is 0 Å². The molecule has 0 radical (unpaired) electrons. The number of hydrogen-bond donors (Lipinski definition) is 2. The van der Waals surface area contributed by atoms with Crippen molar-refractivity contribution in [2.24, 2.45) is 0 Å². The Bertz CT molecular complexity index is 843. The molecular formula is C21H19NO2. The third kappa shape index (κ3) is 2.43. The Morgan fingerprint density at radius 2 is 1.54 bits per heavy atom. The molecule has 0 heterocycles. The summed E-state index contributed by atoms with van der Waals surface area (Å²) in [4.78, 5) is 0. The Hall–Kier alpha value is -2.78. The highest BCUT2D eigenvalue weighted by Crippen LogP contribution is 2.43. The van der Waals surface area contributed by atoms with E-state index >= 15 is 0 Å². The van der Waals surface area contributed by atoms with E-state index in [0.29, 0.717) is 12.3 Å². The largest absolute Gasteiger partial charge is 0.504 e.